The van der Waals surface area contributed by atoms with E-state index in [1.54, 1.807) is 36.1 Å². The number of allylic oxidation sites excluding steroid dienone is 1. The third kappa shape index (κ3) is 3.15. The lowest BCUT2D eigenvalue weighted by atomic mass is 10.2. The molecule has 1 aliphatic heterocycles. The maximum Gasteiger partial charge on any atom is 0.248 e. The van der Waals surface area contributed by atoms with Crippen molar-refractivity contribution in [1.82, 2.24) is 0 Å². The topological polar surface area (TPSA) is 49.4 Å². The van der Waals surface area contributed by atoms with Crippen LogP contribution in [0.2, 0.25) is 5.02 Å². The molecule has 2 amide bonds. The fourth-order valence-corrected chi connectivity index (χ4v) is 2.32. The van der Waals surface area contributed by atoms with Crippen LogP contribution in [0.1, 0.15) is 19.8 Å². The van der Waals surface area contributed by atoms with Gasteiger partial charge in [0.1, 0.15) is 0 Å². The Bertz CT molecular complexity index is 540. The van der Waals surface area contributed by atoms with Gasteiger partial charge in [0.15, 0.2) is 0 Å². The number of nitrogens with zero attached hydrogens (tertiary/aromatic N) is 1. The van der Waals surface area contributed by atoms with E-state index in [2.05, 4.69) is 5.32 Å². The summed E-state index contributed by atoms with van der Waals surface area (Å²) < 4.78 is 0. The predicted molar refractivity (Wildman–Crippen MR) is 76.5 cm³/mol. The number of carbonyl (C=O) groups excluding carboxylic acids is 2. The third-order valence-corrected chi connectivity index (χ3v) is 3.20. The molecule has 0 atom stereocenters. The van der Waals surface area contributed by atoms with Gasteiger partial charge in [-0.15, -0.1) is 0 Å². The van der Waals surface area contributed by atoms with Crippen LogP contribution in [0.4, 0.5) is 11.4 Å². The highest BCUT2D eigenvalue weighted by Gasteiger charge is 2.23. The van der Waals surface area contributed by atoms with Crippen molar-refractivity contribution in [1.29, 1.82) is 0 Å². The molecule has 0 bridgehead atoms. The van der Waals surface area contributed by atoms with E-state index in [-0.39, 0.29) is 11.8 Å². The molecule has 4 nitrogen and oxygen atoms in total. The van der Waals surface area contributed by atoms with Gasteiger partial charge in [-0.25, -0.2) is 0 Å². The molecule has 2 rings (SSSR count). The first-order valence-corrected chi connectivity index (χ1v) is 6.53. The third-order valence-electron chi connectivity index (χ3n) is 2.90. The van der Waals surface area contributed by atoms with Crippen LogP contribution in [-0.4, -0.2) is 18.4 Å². The molecule has 1 fully saturated rings. The van der Waals surface area contributed by atoms with Crippen molar-refractivity contribution in [2.75, 3.05) is 16.8 Å². The number of hydrogen-bond acceptors (Lipinski definition) is 2. The lowest BCUT2D eigenvalue weighted by Crippen LogP contribution is -2.24. The minimum atomic E-state index is -0.205. The van der Waals surface area contributed by atoms with Crippen molar-refractivity contribution in [3.63, 3.8) is 0 Å². The van der Waals surface area contributed by atoms with E-state index in [1.165, 1.54) is 6.08 Å². The van der Waals surface area contributed by atoms with Crippen LogP contribution in [0.15, 0.2) is 30.4 Å². The Balaban J connectivity index is 2.17. The van der Waals surface area contributed by atoms with Crippen LogP contribution < -0.4 is 10.2 Å². The molecule has 0 radical (unpaired) electrons. The van der Waals surface area contributed by atoms with Gasteiger partial charge in [0.2, 0.25) is 11.8 Å². The van der Waals surface area contributed by atoms with Crippen molar-refractivity contribution < 1.29 is 9.59 Å². The summed E-state index contributed by atoms with van der Waals surface area (Å²) in [6.07, 6.45) is 4.52. The quantitative estimate of drug-likeness (QED) is 0.864. The number of amides is 2. The number of anilines is 2. The average molecular weight is 279 g/mol. The van der Waals surface area contributed by atoms with Crippen LogP contribution in [0.3, 0.4) is 0 Å². The van der Waals surface area contributed by atoms with Crippen molar-refractivity contribution >= 4 is 34.8 Å². The first-order chi connectivity index (χ1) is 9.11. The average Bonchev–Trinajstić information content (AvgIpc) is 2.76. The van der Waals surface area contributed by atoms with Crippen molar-refractivity contribution in [3.8, 4) is 0 Å². The SMILES string of the molecule is CC=CC(=O)Nc1ccc(N2CCCC2=O)c(Cl)c1. The maximum atomic E-state index is 11.7. The standard InChI is InChI=1S/C14H15ClN2O2/c1-2-4-13(18)16-10-6-7-12(11(15)9-10)17-8-3-5-14(17)19/h2,4,6-7,9H,3,5,8H2,1H3,(H,16,18). The molecule has 0 spiro atoms. The number of hydrogen-bond donors (Lipinski definition) is 1. The molecule has 1 heterocycles. The number of carbonyl (C=O) groups is 2. The summed E-state index contributed by atoms with van der Waals surface area (Å²) >= 11 is 6.17. The van der Waals surface area contributed by atoms with Crippen LogP contribution in [-0.2, 0) is 9.59 Å². The van der Waals surface area contributed by atoms with Gasteiger partial charge in [-0.1, -0.05) is 17.7 Å². The Labute approximate surface area is 117 Å². The maximum absolute atomic E-state index is 11.7. The monoisotopic (exact) mass is 278 g/mol. The zero-order valence-corrected chi connectivity index (χ0v) is 11.4. The molecule has 1 aromatic carbocycles. The predicted octanol–water partition coefficient (Wildman–Crippen LogP) is 2.98. The molecule has 19 heavy (non-hydrogen) atoms. The van der Waals surface area contributed by atoms with Crippen molar-refractivity contribution in [2.45, 2.75) is 19.8 Å². The summed E-state index contributed by atoms with van der Waals surface area (Å²) in [6, 6.07) is 5.16. The first-order valence-electron chi connectivity index (χ1n) is 6.15. The van der Waals surface area contributed by atoms with Crippen molar-refractivity contribution in [2.24, 2.45) is 0 Å². The summed E-state index contributed by atoms with van der Waals surface area (Å²) in [6.45, 7) is 2.47. The highest BCUT2D eigenvalue weighted by molar-refractivity contribution is 6.34. The van der Waals surface area contributed by atoms with E-state index in [0.717, 1.165) is 6.42 Å². The van der Waals surface area contributed by atoms with Crippen LogP contribution in [0, 0.1) is 0 Å². The minimum absolute atomic E-state index is 0.0904. The summed E-state index contributed by atoms with van der Waals surface area (Å²) in [7, 11) is 0. The van der Waals surface area contributed by atoms with E-state index in [0.29, 0.717) is 29.4 Å². The minimum Gasteiger partial charge on any atom is -0.322 e. The number of benzene rings is 1. The highest BCUT2D eigenvalue weighted by atomic mass is 35.5. The van der Waals surface area contributed by atoms with Gasteiger partial charge < -0.3 is 10.2 Å². The smallest absolute Gasteiger partial charge is 0.248 e. The van der Waals surface area contributed by atoms with Crippen LogP contribution >= 0.6 is 11.6 Å². The van der Waals surface area contributed by atoms with Gasteiger partial charge in [-0.2, -0.15) is 0 Å². The Morgan fingerprint density at radius 1 is 1.47 bits per heavy atom. The first kappa shape index (κ1) is 13.6. The molecular formula is C14H15ClN2O2. The second kappa shape index (κ2) is 5.89. The molecule has 1 saturated heterocycles. The molecule has 5 heteroatoms. The molecule has 1 aliphatic rings. The van der Waals surface area contributed by atoms with E-state index in [4.69, 9.17) is 11.6 Å². The summed E-state index contributed by atoms with van der Waals surface area (Å²) in [5.41, 5.74) is 1.32. The molecule has 0 aromatic heterocycles. The van der Waals surface area contributed by atoms with Gasteiger partial charge in [0.25, 0.3) is 0 Å². The summed E-state index contributed by atoms with van der Waals surface area (Å²) in [5.74, 6) is -0.115. The van der Waals surface area contributed by atoms with E-state index >= 15 is 0 Å². The van der Waals surface area contributed by atoms with E-state index in [1.807, 2.05) is 0 Å². The molecule has 0 unspecified atom stereocenters. The second-order valence-corrected chi connectivity index (χ2v) is 4.71. The molecule has 0 aliphatic carbocycles. The number of rotatable bonds is 3. The number of halogens is 1. The Morgan fingerprint density at radius 3 is 2.84 bits per heavy atom. The fraction of sp³-hybridized carbons (Fsp3) is 0.286. The molecule has 1 N–H and O–H groups in total. The molecule has 100 valence electrons. The van der Waals surface area contributed by atoms with Crippen LogP contribution in [0.25, 0.3) is 0 Å². The van der Waals surface area contributed by atoms with E-state index in [9.17, 15) is 9.59 Å². The zero-order chi connectivity index (χ0) is 13.8. The van der Waals surface area contributed by atoms with Crippen molar-refractivity contribution in [3.05, 3.63) is 35.4 Å². The Kier molecular flexibility index (Phi) is 4.22. The normalized spacial score (nSPS) is 15.3. The molecular weight excluding hydrogens is 264 g/mol. The Morgan fingerprint density at radius 2 is 2.26 bits per heavy atom. The second-order valence-electron chi connectivity index (χ2n) is 4.30. The summed E-state index contributed by atoms with van der Waals surface area (Å²) in [5, 5.41) is 3.17. The Hall–Kier alpha value is -1.81. The molecule has 0 saturated carbocycles. The highest BCUT2D eigenvalue weighted by Crippen LogP contribution is 2.31. The van der Waals surface area contributed by atoms with Crippen LogP contribution in [0.5, 0.6) is 0 Å². The summed E-state index contributed by atoms with van der Waals surface area (Å²) in [4.78, 5) is 24.8. The fourth-order valence-electron chi connectivity index (χ4n) is 2.04. The van der Waals surface area contributed by atoms with E-state index < -0.39 is 0 Å². The zero-order valence-electron chi connectivity index (χ0n) is 10.6. The van der Waals surface area contributed by atoms with Gasteiger partial charge in [0.05, 0.1) is 10.7 Å². The lowest BCUT2D eigenvalue weighted by molar-refractivity contribution is -0.117. The lowest BCUT2D eigenvalue weighted by Gasteiger charge is -2.17. The molecule has 1 aromatic rings. The van der Waals surface area contributed by atoms with Gasteiger partial charge >= 0.3 is 0 Å². The van der Waals surface area contributed by atoms with Gasteiger partial charge in [-0.3, -0.25) is 9.59 Å². The largest absolute Gasteiger partial charge is 0.322 e. The van der Waals surface area contributed by atoms with Gasteiger partial charge in [0, 0.05) is 18.7 Å². The number of nitrogens with one attached hydrogen (secondary N) is 1. The van der Waals surface area contributed by atoms with Gasteiger partial charge in [-0.05, 0) is 37.6 Å².